The topological polar surface area (TPSA) is 25.8 Å². The van der Waals surface area contributed by atoms with Gasteiger partial charge in [0.15, 0.2) is 5.82 Å². The molecule has 0 spiro atoms. The molecule has 0 amide bonds. The van der Waals surface area contributed by atoms with E-state index in [9.17, 15) is 0 Å². The zero-order chi connectivity index (χ0) is 11.7. The zero-order valence-electron chi connectivity index (χ0n) is 9.25. The van der Waals surface area contributed by atoms with Crippen molar-refractivity contribution in [2.24, 2.45) is 0 Å². The monoisotopic (exact) mass is 258 g/mol. The molecule has 17 heavy (non-hydrogen) atoms. The highest BCUT2D eigenvalue weighted by molar-refractivity contribution is 7.98. The Labute approximate surface area is 108 Å². The summed E-state index contributed by atoms with van der Waals surface area (Å²) in [5.41, 5.74) is 2.10. The van der Waals surface area contributed by atoms with Crippen molar-refractivity contribution in [3.8, 4) is 11.4 Å². The maximum absolute atomic E-state index is 4.62. The highest BCUT2D eigenvalue weighted by Crippen LogP contribution is 2.30. The third-order valence-corrected chi connectivity index (χ3v) is 4.22. The van der Waals surface area contributed by atoms with Crippen LogP contribution in [0.1, 0.15) is 0 Å². The Morgan fingerprint density at radius 1 is 1.06 bits per heavy atom. The molecule has 0 N–H and O–H groups in total. The summed E-state index contributed by atoms with van der Waals surface area (Å²) in [6.45, 7) is 0. The van der Waals surface area contributed by atoms with E-state index in [2.05, 4.69) is 21.6 Å². The molecular formula is C13H10N2S2. The standard InChI is InChI=1S/C13H10N2S2/c1-16-13-11-10(7-8-17-11)14-12(15-13)9-5-3-2-4-6-9/h2-8H,1H3. The first-order valence-electron chi connectivity index (χ1n) is 5.23. The fourth-order valence-corrected chi connectivity index (χ4v) is 3.27. The molecule has 2 nitrogen and oxygen atoms in total. The lowest BCUT2D eigenvalue weighted by Crippen LogP contribution is -1.90. The Kier molecular flexibility index (Phi) is 2.82. The van der Waals surface area contributed by atoms with Crippen molar-refractivity contribution >= 4 is 33.3 Å². The van der Waals surface area contributed by atoms with Crippen LogP contribution < -0.4 is 0 Å². The van der Waals surface area contributed by atoms with Crippen molar-refractivity contribution in [1.29, 1.82) is 0 Å². The first-order chi connectivity index (χ1) is 8.38. The van der Waals surface area contributed by atoms with Gasteiger partial charge in [-0.05, 0) is 17.7 Å². The molecular weight excluding hydrogens is 248 g/mol. The Morgan fingerprint density at radius 2 is 1.88 bits per heavy atom. The summed E-state index contributed by atoms with van der Waals surface area (Å²) in [6, 6.07) is 12.1. The van der Waals surface area contributed by atoms with Gasteiger partial charge < -0.3 is 0 Å². The maximum atomic E-state index is 4.62. The van der Waals surface area contributed by atoms with Gasteiger partial charge in [0, 0.05) is 5.56 Å². The lowest BCUT2D eigenvalue weighted by molar-refractivity contribution is 1.12. The maximum Gasteiger partial charge on any atom is 0.161 e. The van der Waals surface area contributed by atoms with E-state index in [1.165, 1.54) is 4.70 Å². The Morgan fingerprint density at radius 3 is 2.65 bits per heavy atom. The molecule has 2 heterocycles. The first-order valence-corrected chi connectivity index (χ1v) is 7.33. The van der Waals surface area contributed by atoms with Crippen molar-refractivity contribution in [3.63, 3.8) is 0 Å². The number of fused-ring (bicyclic) bond motifs is 1. The molecule has 0 radical (unpaired) electrons. The van der Waals surface area contributed by atoms with E-state index >= 15 is 0 Å². The highest BCUT2D eigenvalue weighted by atomic mass is 32.2. The Balaban J connectivity index is 2.24. The third kappa shape index (κ3) is 1.94. The zero-order valence-corrected chi connectivity index (χ0v) is 10.9. The van der Waals surface area contributed by atoms with Gasteiger partial charge in [0.2, 0.25) is 0 Å². The van der Waals surface area contributed by atoms with Crippen LogP contribution in [0.3, 0.4) is 0 Å². The van der Waals surface area contributed by atoms with Crippen LogP contribution in [0.25, 0.3) is 21.6 Å². The van der Waals surface area contributed by atoms with E-state index in [0.29, 0.717) is 0 Å². The molecule has 0 unspecified atom stereocenters. The van der Waals surface area contributed by atoms with Crippen LogP contribution in [0.4, 0.5) is 0 Å². The quantitative estimate of drug-likeness (QED) is 0.511. The van der Waals surface area contributed by atoms with E-state index < -0.39 is 0 Å². The number of nitrogens with zero attached hydrogens (tertiary/aromatic N) is 2. The number of hydrogen-bond acceptors (Lipinski definition) is 4. The second-order valence-electron chi connectivity index (χ2n) is 3.56. The molecule has 0 saturated carbocycles. The summed E-state index contributed by atoms with van der Waals surface area (Å²) < 4.78 is 1.18. The summed E-state index contributed by atoms with van der Waals surface area (Å²) >= 11 is 3.37. The fraction of sp³-hybridized carbons (Fsp3) is 0.0769. The first kappa shape index (κ1) is 10.7. The molecule has 0 aliphatic carbocycles. The van der Waals surface area contributed by atoms with Gasteiger partial charge in [-0.1, -0.05) is 30.3 Å². The molecule has 84 valence electrons. The Hall–Kier alpha value is -1.39. The highest BCUT2D eigenvalue weighted by Gasteiger charge is 2.09. The van der Waals surface area contributed by atoms with Crippen molar-refractivity contribution in [2.45, 2.75) is 5.03 Å². The van der Waals surface area contributed by atoms with Gasteiger partial charge in [0.25, 0.3) is 0 Å². The summed E-state index contributed by atoms with van der Waals surface area (Å²) in [7, 11) is 0. The lowest BCUT2D eigenvalue weighted by Gasteiger charge is -2.03. The molecule has 0 atom stereocenters. The Bertz CT molecular complexity index is 647. The smallest absolute Gasteiger partial charge is 0.161 e. The van der Waals surface area contributed by atoms with E-state index in [0.717, 1.165) is 21.9 Å². The lowest BCUT2D eigenvalue weighted by atomic mass is 10.2. The van der Waals surface area contributed by atoms with Crippen LogP contribution in [-0.2, 0) is 0 Å². The predicted octanol–water partition coefficient (Wildman–Crippen LogP) is 4.08. The molecule has 0 fully saturated rings. The molecule has 2 aromatic heterocycles. The average Bonchev–Trinajstić information content (AvgIpc) is 2.86. The van der Waals surface area contributed by atoms with Crippen LogP contribution in [0, 0.1) is 0 Å². The number of thiophene rings is 1. The van der Waals surface area contributed by atoms with Crippen molar-refractivity contribution in [2.75, 3.05) is 6.26 Å². The molecule has 3 aromatic rings. The molecule has 0 aliphatic heterocycles. The van der Waals surface area contributed by atoms with Crippen LogP contribution in [0.2, 0.25) is 0 Å². The molecule has 4 heteroatoms. The predicted molar refractivity (Wildman–Crippen MR) is 74.6 cm³/mol. The summed E-state index contributed by atoms with van der Waals surface area (Å²) in [6.07, 6.45) is 2.05. The number of aromatic nitrogens is 2. The van der Waals surface area contributed by atoms with Crippen LogP contribution >= 0.6 is 23.1 Å². The third-order valence-electron chi connectivity index (χ3n) is 2.50. The minimum absolute atomic E-state index is 0.806. The van der Waals surface area contributed by atoms with Gasteiger partial charge in [-0.3, -0.25) is 0 Å². The summed E-state index contributed by atoms with van der Waals surface area (Å²) in [5.74, 6) is 0.806. The van der Waals surface area contributed by atoms with Crippen LogP contribution in [-0.4, -0.2) is 16.2 Å². The van der Waals surface area contributed by atoms with E-state index in [-0.39, 0.29) is 0 Å². The van der Waals surface area contributed by atoms with E-state index in [1.54, 1.807) is 23.1 Å². The van der Waals surface area contributed by atoms with Crippen LogP contribution in [0.15, 0.2) is 46.8 Å². The fourth-order valence-electron chi connectivity index (χ4n) is 1.69. The number of benzene rings is 1. The van der Waals surface area contributed by atoms with Gasteiger partial charge in [-0.15, -0.1) is 23.1 Å². The van der Waals surface area contributed by atoms with Crippen LogP contribution in [0.5, 0.6) is 0 Å². The summed E-state index contributed by atoms with van der Waals surface area (Å²) in [4.78, 5) is 9.22. The minimum Gasteiger partial charge on any atom is -0.227 e. The van der Waals surface area contributed by atoms with Gasteiger partial charge in [0.05, 0.1) is 10.2 Å². The van der Waals surface area contributed by atoms with Gasteiger partial charge >= 0.3 is 0 Å². The molecule has 0 bridgehead atoms. The van der Waals surface area contributed by atoms with E-state index in [4.69, 9.17) is 0 Å². The number of hydrogen-bond donors (Lipinski definition) is 0. The molecule has 0 aliphatic rings. The second-order valence-corrected chi connectivity index (χ2v) is 5.27. The average molecular weight is 258 g/mol. The largest absolute Gasteiger partial charge is 0.227 e. The molecule has 0 saturated heterocycles. The summed E-state index contributed by atoms with van der Waals surface area (Å²) in [5, 5.41) is 3.12. The van der Waals surface area contributed by atoms with Crippen molar-refractivity contribution in [3.05, 3.63) is 41.8 Å². The van der Waals surface area contributed by atoms with Gasteiger partial charge in [0.1, 0.15) is 5.03 Å². The van der Waals surface area contributed by atoms with Crippen molar-refractivity contribution in [1.82, 2.24) is 9.97 Å². The van der Waals surface area contributed by atoms with E-state index in [1.807, 2.05) is 36.4 Å². The number of rotatable bonds is 2. The second kappa shape index (κ2) is 4.47. The van der Waals surface area contributed by atoms with Gasteiger partial charge in [-0.25, -0.2) is 9.97 Å². The number of thioether (sulfide) groups is 1. The normalized spacial score (nSPS) is 10.9. The van der Waals surface area contributed by atoms with Crippen molar-refractivity contribution < 1.29 is 0 Å². The SMILES string of the molecule is CSc1nc(-c2ccccc2)nc2ccsc12. The molecule has 1 aromatic carbocycles. The molecule has 3 rings (SSSR count). The minimum atomic E-state index is 0.806. The van der Waals surface area contributed by atoms with Gasteiger partial charge in [-0.2, -0.15) is 0 Å².